The van der Waals surface area contributed by atoms with E-state index >= 15 is 0 Å². The highest BCUT2D eigenvalue weighted by molar-refractivity contribution is 5.91. The number of benzene rings is 3. The van der Waals surface area contributed by atoms with Gasteiger partial charge in [0.15, 0.2) is 0 Å². The van der Waals surface area contributed by atoms with Crippen LogP contribution in [0.15, 0.2) is 84.9 Å². The molecule has 0 radical (unpaired) electrons. The van der Waals surface area contributed by atoms with E-state index in [2.05, 4.69) is 17.0 Å². The number of likely N-dealkylation sites (tertiary alicyclic amines) is 1. The summed E-state index contributed by atoms with van der Waals surface area (Å²) in [5, 5.41) is 0. The first-order valence-electron chi connectivity index (χ1n) is 12.8. The number of nitrogens with two attached hydrogens (primary N) is 1. The Morgan fingerprint density at radius 1 is 0.889 bits per heavy atom. The summed E-state index contributed by atoms with van der Waals surface area (Å²) in [6.45, 7) is 2.84. The SMILES string of the molecule is COC(=O)Cc1ccc(CCCCN2CC[C@@H](C(C(N)=O)(c3ccccc3)c3ccccc3)C2)cc1. The molecular weight excluding hydrogens is 448 g/mol. The van der Waals surface area contributed by atoms with Crippen LogP contribution >= 0.6 is 0 Å². The van der Waals surface area contributed by atoms with Gasteiger partial charge in [0.25, 0.3) is 0 Å². The largest absolute Gasteiger partial charge is 0.469 e. The molecule has 36 heavy (non-hydrogen) atoms. The van der Waals surface area contributed by atoms with E-state index in [0.717, 1.165) is 62.0 Å². The van der Waals surface area contributed by atoms with Crippen molar-refractivity contribution < 1.29 is 14.3 Å². The van der Waals surface area contributed by atoms with E-state index < -0.39 is 5.41 Å². The first-order valence-corrected chi connectivity index (χ1v) is 12.8. The smallest absolute Gasteiger partial charge is 0.309 e. The summed E-state index contributed by atoms with van der Waals surface area (Å²) in [6.07, 6.45) is 4.45. The maximum atomic E-state index is 13.2. The van der Waals surface area contributed by atoms with E-state index in [1.807, 2.05) is 72.8 Å². The highest BCUT2D eigenvalue weighted by atomic mass is 16.5. The third kappa shape index (κ3) is 5.68. The zero-order chi connectivity index (χ0) is 25.4. The van der Waals surface area contributed by atoms with Crippen LogP contribution in [0.1, 0.15) is 41.5 Å². The molecule has 3 aromatic carbocycles. The molecule has 1 atom stereocenters. The highest BCUT2D eigenvalue weighted by Gasteiger charge is 2.49. The molecule has 1 aliphatic heterocycles. The standard InChI is InChI=1S/C31H36N2O3/c1-36-29(34)22-25-17-15-24(16-18-25)10-8-9-20-33-21-19-28(23-33)31(30(32)35,26-11-4-2-5-12-26)27-13-6-3-7-14-27/h2-7,11-18,28H,8-10,19-23H2,1H3,(H2,32,35)/t28-/m1/s1. The fourth-order valence-electron chi connectivity index (χ4n) is 5.64. The monoisotopic (exact) mass is 484 g/mol. The Bertz CT molecular complexity index is 1090. The fourth-order valence-corrected chi connectivity index (χ4v) is 5.64. The second kappa shape index (κ2) is 12.0. The van der Waals surface area contributed by atoms with E-state index in [9.17, 15) is 9.59 Å². The van der Waals surface area contributed by atoms with E-state index in [-0.39, 0.29) is 17.8 Å². The molecule has 0 saturated carbocycles. The van der Waals surface area contributed by atoms with Gasteiger partial charge in [-0.15, -0.1) is 0 Å². The summed E-state index contributed by atoms with van der Waals surface area (Å²) in [7, 11) is 1.41. The van der Waals surface area contributed by atoms with Gasteiger partial charge in [-0.1, -0.05) is 84.9 Å². The number of rotatable bonds is 11. The molecule has 1 saturated heterocycles. The average molecular weight is 485 g/mol. The van der Waals surface area contributed by atoms with Crippen molar-refractivity contribution in [3.05, 3.63) is 107 Å². The molecule has 1 aliphatic rings. The van der Waals surface area contributed by atoms with E-state index in [0.29, 0.717) is 6.42 Å². The summed E-state index contributed by atoms with van der Waals surface area (Å²) >= 11 is 0. The van der Waals surface area contributed by atoms with Gasteiger partial charge in [0, 0.05) is 6.54 Å². The molecular formula is C31H36N2O3. The third-order valence-electron chi connectivity index (χ3n) is 7.52. The van der Waals surface area contributed by atoms with Crippen LogP contribution in [-0.4, -0.2) is 43.5 Å². The van der Waals surface area contributed by atoms with Gasteiger partial charge in [0.2, 0.25) is 5.91 Å². The van der Waals surface area contributed by atoms with Gasteiger partial charge in [-0.2, -0.15) is 0 Å². The van der Waals surface area contributed by atoms with Crippen LogP contribution in [0.25, 0.3) is 0 Å². The topological polar surface area (TPSA) is 72.6 Å². The van der Waals surface area contributed by atoms with E-state index in [1.54, 1.807) is 0 Å². The minimum Gasteiger partial charge on any atom is -0.469 e. The van der Waals surface area contributed by atoms with Crippen molar-refractivity contribution in [2.24, 2.45) is 11.7 Å². The van der Waals surface area contributed by atoms with Crippen molar-refractivity contribution in [1.29, 1.82) is 0 Å². The number of nitrogens with zero attached hydrogens (tertiary/aromatic N) is 1. The van der Waals surface area contributed by atoms with Gasteiger partial charge in [-0.25, -0.2) is 0 Å². The van der Waals surface area contributed by atoms with Crippen molar-refractivity contribution in [2.45, 2.75) is 37.5 Å². The molecule has 1 amide bonds. The molecule has 0 aromatic heterocycles. The molecule has 5 heteroatoms. The van der Waals surface area contributed by atoms with Crippen LogP contribution in [-0.2, 0) is 32.6 Å². The lowest BCUT2D eigenvalue weighted by Gasteiger charge is -2.37. The van der Waals surface area contributed by atoms with Gasteiger partial charge in [-0.3, -0.25) is 9.59 Å². The Labute approximate surface area is 214 Å². The lowest BCUT2D eigenvalue weighted by Crippen LogP contribution is -2.49. The first kappa shape index (κ1) is 25.6. The lowest BCUT2D eigenvalue weighted by atomic mass is 9.64. The van der Waals surface area contributed by atoms with E-state index in [4.69, 9.17) is 10.5 Å². The normalized spacial score (nSPS) is 16.1. The summed E-state index contributed by atoms with van der Waals surface area (Å²) in [5.74, 6) is -0.365. The quantitative estimate of drug-likeness (QED) is 0.321. The molecule has 3 aromatic rings. The van der Waals surface area contributed by atoms with Crippen LogP contribution < -0.4 is 5.73 Å². The zero-order valence-corrected chi connectivity index (χ0v) is 21.1. The second-order valence-corrected chi connectivity index (χ2v) is 9.72. The van der Waals surface area contributed by atoms with Gasteiger partial charge in [0.05, 0.1) is 13.5 Å². The first-order chi connectivity index (χ1) is 17.5. The average Bonchev–Trinajstić information content (AvgIpc) is 3.38. The number of unbranched alkanes of at least 4 members (excludes halogenated alkanes) is 1. The number of hydrogen-bond donors (Lipinski definition) is 1. The Balaban J connectivity index is 1.37. The molecule has 188 valence electrons. The predicted molar refractivity (Wildman–Crippen MR) is 143 cm³/mol. The van der Waals surface area contributed by atoms with E-state index in [1.165, 1.54) is 12.7 Å². The molecule has 5 nitrogen and oxygen atoms in total. The molecule has 0 bridgehead atoms. The third-order valence-corrected chi connectivity index (χ3v) is 7.52. The van der Waals surface area contributed by atoms with Crippen molar-refractivity contribution in [1.82, 2.24) is 4.90 Å². The number of hydrogen-bond acceptors (Lipinski definition) is 4. The molecule has 4 rings (SSSR count). The van der Waals surface area contributed by atoms with Crippen LogP contribution in [0.2, 0.25) is 0 Å². The van der Waals surface area contributed by atoms with Gasteiger partial charge in [0.1, 0.15) is 5.41 Å². The number of methoxy groups -OCH3 is 1. The summed E-state index contributed by atoms with van der Waals surface area (Å²) < 4.78 is 4.74. The molecule has 2 N–H and O–H groups in total. The van der Waals surface area contributed by atoms with Gasteiger partial charge in [-0.05, 0) is 66.9 Å². The fraction of sp³-hybridized carbons (Fsp3) is 0.355. The number of aryl methyl sites for hydroxylation is 1. The zero-order valence-electron chi connectivity index (χ0n) is 21.1. The number of amides is 1. The highest BCUT2D eigenvalue weighted by Crippen LogP contribution is 2.43. The number of ether oxygens (including phenoxy) is 1. The number of carbonyl (C=O) groups is 2. The molecule has 1 heterocycles. The van der Waals surface area contributed by atoms with Crippen molar-refractivity contribution >= 4 is 11.9 Å². The summed E-state index contributed by atoms with van der Waals surface area (Å²) in [5.41, 5.74) is 9.59. The molecule has 0 unspecified atom stereocenters. The Kier molecular flexibility index (Phi) is 8.55. The van der Waals surface area contributed by atoms with Crippen molar-refractivity contribution in [2.75, 3.05) is 26.7 Å². The second-order valence-electron chi connectivity index (χ2n) is 9.72. The minimum absolute atomic E-state index is 0.127. The maximum Gasteiger partial charge on any atom is 0.309 e. The van der Waals surface area contributed by atoms with Crippen LogP contribution in [0.5, 0.6) is 0 Å². The maximum absolute atomic E-state index is 13.2. The van der Waals surface area contributed by atoms with Crippen molar-refractivity contribution in [3.8, 4) is 0 Å². The number of primary amides is 1. The lowest BCUT2D eigenvalue weighted by molar-refractivity contribution is -0.139. The predicted octanol–water partition coefficient (Wildman–Crippen LogP) is 4.52. The minimum atomic E-state index is -0.830. The Hall–Kier alpha value is -3.44. The van der Waals surface area contributed by atoms with Crippen molar-refractivity contribution in [3.63, 3.8) is 0 Å². The van der Waals surface area contributed by atoms with Gasteiger partial charge < -0.3 is 15.4 Å². The molecule has 1 fully saturated rings. The summed E-state index contributed by atoms with van der Waals surface area (Å²) in [6, 6.07) is 28.3. The van der Waals surface area contributed by atoms with Crippen LogP contribution in [0, 0.1) is 5.92 Å². The number of esters is 1. The number of carbonyl (C=O) groups excluding carboxylic acids is 2. The Morgan fingerprint density at radius 3 is 2.03 bits per heavy atom. The summed E-state index contributed by atoms with van der Waals surface area (Å²) in [4.78, 5) is 27.1. The van der Waals surface area contributed by atoms with Gasteiger partial charge >= 0.3 is 5.97 Å². The van der Waals surface area contributed by atoms with Crippen LogP contribution in [0.4, 0.5) is 0 Å². The molecule has 0 aliphatic carbocycles. The van der Waals surface area contributed by atoms with Crippen LogP contribution in [0.3, 0.4) is 0 Å². The Morgan fingerprint density at radius 2 is 1.47 bits per heavy atom. The molecule has 0 spiro atoms.